The van der Waals surface area contributed by atoms with Crippen LogP contribution in [0.1, 0.15) is 33.1 Å². The maximum atomic E-state index is 10.0. The van der Waals surface area contributed by atoms with Crippen molar-refractivity contribution in [2.45, 2.75) is 33.1 Å². The van der Waals surface area contributed by atoms with E-state index < -0.39 is 10.4 Å². The normalized spacial score (nSPS) is 14.6. The van der Waals surface area contributed by atoms with Crippen LogP contribution in [-0.2, 0) is 14.6 Å². The highest BCUT2D eigenvalue weighted by Gasteiger charge is 2.03. The molecule has 0 bridgehead atoms. The van der Waals surface area contributed by atoms with Gasteiger partial charge in [0.15, 0.2) is 0 Å². The Hall–Kier alpha value is -0.130. The highest BCUT2D eigenvalue weighted by atomic mass is 32.3. The van der Waals surface area contributed by atoms with Gasteiger partial charge in [0.1, 0.15) is 0 Å². The predicted molar refractivity (Wildman–Crippen MR) is 44.3 cm³/mol. The molecule has 0 rings (SSSR count). The van der Waals surface area contributed by atoms with E-state index in [1.54, 1.807) is 0 Å². The van der Waals surface area contributed by atoms with Crippen molar-refractivity contribution in [3.63, 3.8) is 0 Å². The van der Waals surface area contributed by atoms with Gasteiger partial charge in [0, 0.05) is 0 Å². The molecule has 0 aromatic carbocycles. The van der Waals surface area contributed by atoms with Gasteiger partial charge in [-0.15, -0.1) is 0 Å². The molecule has 0 saturated heterocycles. The van der Waals surface area contributed by atoms with Gasteiger partial charge in [0.05, 0.1) is 6.61 Å². The fraction of sp³-hybridized carbons (Fsp3) is 1.00. The average Bonchev–Trinajstić information content (AvgIpc) is 1.95. The quantitative estimate of drug-likeness (QED) is 0.473. The zero-order chi connectivity index (χ0) is 9.61. The Morgan fingerprint density at radius 1 is 1.50 bits per heavy atom. The SMILES string of the molecule is CCCCC(C)COS(=O)(=O)[O-]. The molecule has 1 unspecified atom stereocenters. The minimum Gasteiger partial charge on any atom is -0.726 e. The van der Waals surface area contributed by atoms with Crippen LogP contribution in [0.15, 0.2) is 0 Å². The molecule has 1 atom stereocenters. The molecular formula is C7H15O4S-. The predicted octanol–water partition coefficient (Wildman–Crippen LogP) is 1.29. The first-order valence-corrected chi connectivity index (χ1v) is 5.39. The second-order valence-corrected chi connectivity index (χ2v) is 3.99. The number of hydrogen-bond donors (Lipinski definition) is 0. The maximum absolute atomic E-state index is 10.0. The Kier molecular flexibility index (Phi) is 5.44. The second kappa shape index (κ2) is 5.50. The minimum absolute atomic E-state index is 0.00579. The van der Waals surface area contributed by atoms with Crippen LogP contribution in [0.5, 0.6) is 0 Å². The standard InChI is InChI=1S/C7H16O4S/c1-3-4-5-7(2)6-11-12(8,9)10/h7H,3-6H2,1-2H3,(H,8,9,10)/p-1. The zero-order valence-corrected chi connectivity index (χ0v) is 8.26. The van der Waals surface area contributed by atoms with Crippen LogP contribution in [0.4, 0.5) is 0 Å². The monoisotopic (exact) mass is 195 g/mol. The Morgan fingerprint density at radius 3 is 2.50 bits per heavy atom. The third-order valence-electron chi connectivity index (χ3n) is 1.55. The first-order valence-electron chi connectivity index (χ1n) is 4.06. The van der Waals surface area contributed by atoms with Gasteiger partial charge in [-0.25, -0.2) is 8.42 Å². The van der Waals surface area contributed by atoms with E-state index in [0.29, 0.717) is 0 Å². The summed E-state index contributed by atoms with van der Waals surface area (Å²) in [7, 11) is -4.49. The molecule has 0 aromatic heterocycles. The summed E-state index contributed by atoms with van der Waals surface area (Å²) in [5.74, 6) is 0.133. The van der Waals surface area contributed by atoms with Crippen molar-refractivity contribution >= 4 is 10.4 Å². The van der Waals surface area contributed by atoms with Gasteiger partial charge in [0.25, 0.3) is 0 Å². The lowest BCUT2D eigenvalue weighted by Crippen LogP contribution is -2.11. The van der Waals surface area contributed by atoms with E-state index >= 15 is 0 Å². The van der Waals surface area contributed by atoms with Crippen molar-refractivity contribution in [1.82, 2.24) is 0 Å². The summed E-state index contributed by atoms with van der Waals surface area (Å²) in [5.41, 5.74) is 0. The number of hydrogen-bond acceptors (Lipinski definition) is 4. The van der Waals surface area contributed by atoms with Crippen LogP contribution >= 0.6 is 0 Å². The second-order valence-electron chi connectivity index (χ2n) is 2.94. The molecule has 5 heteroatoms. The molecular weight excluding hydrogens is 180 g/mol. The van der Waals surface area contributed by atoms with E-state index in [1.165, 1.54) is 0 Å². The van der Waals surface area contributed by atoms with Gasteiger partial charge in [-0.1, -0.05) is 26.7 Å². The van der Waals surface area contributed by atoms with Crippen LogP contribution in [0, 0.1) is 5.92 Å². The fourth-order valence-corrected chi connectivity index (χ4v) is 1.23. The first kappa shape index (κ1) is 11.9. The van der Waals surface area contributed by atoms with Crippen molar-refractivity contribution in [3.8, 4) is 0 Å². The highest BCUT2D eigenvalue weighted by molar-refractivity contribution is 7.80. The molecule has 12 heavy (non-hydrogen) atoms. The summed E-state index contributed by atoms with van der Waals surface area (Å²) < 4.78 is 34.2. The molecule has 0 heterocycles. The molecule has 0 radical (unpaired) electrons. The molecule has 74 valence electrons. The molecule has 0 saturated carbocycles. The third kappa shape index (κ3) is 7.97. The van der Waals surface area contributed by atoms with Crippen LogP contribution in [-0.4, -0.2) is 19.6 Å². The van der Waals surface area contributed by atoms with Crippen molar-refractivity contribution in [3.05, 3.63) is 0 Å². The van der Waals surface area contributed by atoms with E-state index in [4.69, 9.17) is 0 Å². The number of rotatable bonds is 6. The Balaban J connectivity index is 3.51. The Bertz CT molecular complexity index is 197. The molecule has 0 N–H and O–H groups in total. The van der Waals surface area contributed by atoms with Crippen molar-refractivity contribution < 1.29 is 17.2 Å². The van der Waals surface area contributed by atoms with Crippen LogP contribution < -0.4 is 0 Å². The lowest BCUT2D eigenvalue weighted by Gasteiger charge is -2.12. The topological polar surface area (TPSA) is 66.4 Å². The Labute approximate surface area is 73.9 Å². The molecule has 0 aliphatic heterocycles. The van der Waals surface area contributed by atoms with E-state index in [0.717, 1.165) is 19.3 Å². The maximum Gasteiger partial charge on any atom is 0.217 e. The average molecular weight is 195 g/mol. The van der Waals surface area contributed by atoms with Gasteiger partial charge in [0.2, 0.25) is 10.4 Å². The summed E-state index contributed by atoms with van der Waals surface area (Å²) in [6.45, 7) is 3.92. The summed E-state index contributed by atoms with van der Waals surface area (Å²) >= 11 is 0. The van der Waals surface area contributed by atoms with Gasteiger partial charge in [-0.2, -0.15) is 0 Å². The van der Waals surface area contributed by atoms with E-state index in [9.17, 15) is 13.0 Å². The van der Waals surface area contributed by atoms with Gasteiger partial charge < -0.3 is 4.55 Å². The van der Waals surface area contributed by atoms with E-state index in [1.807, 2.05) is 6.92 Å². The largest absolute Gasteiger partial charge is 0.726 e. The minimum atomic E-state index is -4.49. The summed E-state index contributed by atoms with van der Waals surface area (Å²) in [5, 5.41) is 0. The van der Waals surface area contributed by atoms with Gasteiger partial charge in [-0.05, 0) is 12.3 Å². The molecule has 0 aromatic rings. The van der Waals surface area contributed by atoms with E-state index in [2.05, 4.69) is 11.1 Å². The van der Waals surface area contributed by atoms with E-state index in [-0.39, 0.29) is 12.5 Å². The van der Waals surface area contributed by atoms with Gasteiger partial charge in [-0.3, -0.25) is 4.18 Å². The highest BCUT2D eigenvalue weighted by Crippen LogP contribution is 2.08. The Morgan fingerprint density at radius 2 is 2.08 bits per heavy atom. The lowest BCUT2D eigenvalue weighted by molar-refractivity contribution is 0.218. The lowest BCUT2D eigenvalue weighted by atomic mass is 10.1. The number of unbranched alkanes of at least 4 members (excludes halogenated alkanes) is 1. The van der Waals surface area contributed by atoms with Crippen molar-refractivity contribution in [2.75, 3.05) is 6.61 Å². The molecule has 0 aliphatic carbocycles. The van der Waals surface area contributed by atoms with Gasteiger partial charge >= 0.3 is 0 Å². The smallest absolute Gasteiger partial charge is 0.217 e. The fourth-order valence-electron chi connectivity index (χ4n) is 0.835. The summed E-state index contributed by atoms with van der Waals surface area (Å²) in [6.07, 6.45) is 2.99. The van der Waals surface area contributed by atoms with Crippen LogP contribution in [0.25, 0.3) is 0 Å². The molecule has 0 spiro atoms. The molecule has 0 amide bonds. The van der Waals surface area contributed by atoms with Crippen LogP contribution in [0.2, 0.25) is 0 Å². The van der Waals surface area contributed by atoms with Crippen molar-refractivity contribution in [2.24, 2.45) is 5.92 Å². The molecule has 0 fully saturated rings. The van der Waals surface area contributed by atoms with Crippen LogP contribution in [0.3, 0.4) is 0 Å². The molecule has 4 nitrogen and oxygen atoms in total. The third-order valence-corrected chi connectivity index (χ3v) is 1.97. The first-order chi connectivity index (χ1) is 5.45. The molecule has 0 aliphatic rings. The zero-order valence-electron chi connectivity index (χ0n) is 7.45. The summed E-state index contributed by atoms with van der Waals surface area (Å²) in [6, 6.07) is 0. The van der Waals surface area contributed by atoms with Crippen molar-refractivity contribution in [1.29, 1.82) is 0 Å². The summed E-state index contributed by atoms with van der Waals surface area (Å²) in [4.78, 5) is 0.